The SMILES string of the molecule is C#Cc1ccc(NC(=O)c2ccc(F)cc2)cc1. The van der Waals surface area contributed by atoms with Gasteiger partial charge in [-0.25, -0.2) is 4.39 Å². The van der Waals surface area contributed by atoms with Gasteiger partial charge in [0, 0.05) is 16.8 Å². The highest BCUT2D eigenvalue weighted by Gasteiger charge is 2.05. The number of carbonyl (C=O) groups excluding carboxylic acids is 1. The normalized spacial score (nSPS) is 9.56. The van der Waals surface area contributed by atoms with Gasteiger partial charge in [0.25, 0.3) is 5.91 Å². The van der Waals surface area contributed by atoms with Crippen LogP contribution in [0.4, 0.5) is 10.1 Å². The molecule has 0 radical (unpaired) electrons. The molecule has 1 amide bonds. The van der Waals surface area contributed by atoms with Crippen LogP contribution in [0.1, 0.15) is 15.9 Å². The monoisotopic (exact) mass is 239 g/mol. The summed E-state index contributed by atoms with van der Waals surface area (Å²) >= 11 is 0. The Kier molecular flexibility index (Phi) is 3.40. The number of anilines is 1. The summed E-state index contributed by atoms with van der Waals surface area (Å²) < 4.78 is 12.7. The number of carbonyl (C=O) groups is 1. The summed E-state index contributed by atoms with van der Waals surface area (Å²) in [6, 6.07) is 12.3. The number of terminal acetylenes is 1. The fraction of sp³-hybridized carbons (Fsp3) is 0. The van der Waals surface area contributed by atoms with Crippen molar-refractivity contribution >= 4 is 11.6 Å². The average Bonchev–Trinajstić information content (AvgIpc) is 2.40. The third-order valence-corrected chi connectivity index (χ3v) is 2.42. The quantitative estimate of drug-likeness (QED) is 0.802. The van der Waals surface area contributed by atoms with Gasteiger partial charge < -0.3 is 5.32 Å². The Hall–Kier alpha value is -2.60. The molecule has 0 spiro atoms. The summed E-state index contributed by atoms with van der Waals surface area (Å²) in [5, 5.41) is 2.70. The van der Waals surface area contributed by atoms with Crippen LogP contribution < -0.4 is 5.32 Å². The molecule has 0 aliphatic rings. The molecule has 0 fully saturated rings. The van der Waals surface area contributed by atoms with E-state index in [9.17, 15) is 9.18 Å². The lowest BCUT2D eigenvalue weighted by molar-refractivity contribution is 0.102. The van der Waals surface area contributed by atoms with Crippen LogP contribution in [0, 0.1) is 18.2 Å². The van der Waals surface area contributed by atoms with E-state index in [2.05, 4.69) is 11.2 Å². The summed E-state index contributed by atoms with van der Waals surface area (Å²) in [7, 11) is 0. The van der Waals surface area contributed by atoms with Gasteiger partial charge in [-0.05, 0) is 48.5 Å². The first-order chi connectivity index (χ1) is 8.69. The summed E-state index contributed by atoms with van der Waals surface area (Å²) in [5.74, 6) is 1.83. The highest BCUT2D eigenvalue weighted by atomic mass is 19.1. The second-order valence-corrected chi connectivity index (χ2v) is 3.68. The molecule has 1 N–H and O–H groups in total. The molecule has 2 aromatic rings. The number of halogens is 1. The third-order valence-electron chi connectivity index (χ3n) is 2.42. The summed E-state index contributed by atoms with van der Waals surface area (Å²) in [6.45, 7) is 0. The van der Waals surface area contributed by atoms with Crippen molar-refractivity contribution in [1.82, 2.24) is 0 Å². The first-order valence-corrected chi connectivity index (χ1v) is 5.32. The molecule has 0 saturated carbocycles. The zero-order chi connectivity index (χ0) is 13.0. The van der Waals surface area contributed by atoms with E-state index in [4.69, 9.17) is 6.42 Å². The molecule has 18 heavy (non-hydrogen) atoms. The molecule has 0 atom stereocenters. The van der Waals surface area contributed by atoms with E-state index in [1.807, 2.05) is 0 Å². The highest BCUT2D eigenvalue weighted by molar-refractivity contribution is 6.04. The molecule has 3 heteroatoms. The van der Waals surface area contributed by atoms with Crippen LogP contribution in [0.3, 0.4) is 0 Å². The van der Waals surface area contributed by atoms with Gasteiger partial charge in [0.2, 0.25) is 0 Å². The zero-order valence-electron chi connectivity index (χ0n) is 9.48. The van der Waals surface area contributed by atoms with Gasteiger partial charge in [0.1, 0.15) is 5.82 Å². The molecule has 0 aromatic heterocycles. The average molecular weight is 239 g/mol. The number of hydrogen-bond donors (Lipinski definition) is 1. The zero-order valence-corrected chi connectivity index (χ0v) is 9.48. The minimum Gasteiger partial charge on any atom is -0.322 e. The lowest BCUT2D eigenvalue weighted by Gasteiger charge is -2.05. The molecule has 0 unspecified atom stereocenters. The lowest BCUT2D eigenvalue weighted by atomic mass is 10.2. The number of rotatable bonds is 2. The van der Waals surface area contributed by atoms with Crippen LogP contribution in [0.5, 0.6) is 0 Å². The van der Waals surface area contributed by atoms with Crippen LogP contribution in [0.2, 0.25) is 0 Å². The van der Waals surface area contributed by atoms with Crippen molar-refractivity contribution in [3.63, 3.8) is 0 Å². The van der Waals surface area contributed by atoms with Crippen LogP contribution in [-0.4, -0.2) is 5.91 Å². The molecule has 0 saturated heterocycles. The van der Waals surface area contributed by atoms with Gasteiger partial charge in [-0.15, -0.1) is 6.42 Å². The summed E-state index contributed by atoms with van der Waals surface area (Å²) in [5.41, 5.74) is 1.79. The smallest absolute Gasteiger partial charge is 0.255 e. The minimum atomic E-state index is -0.370. The first-order valence-electron chi connectivity index (χ1n) is 5.32. The Morgan fingerprint density at radius 3 is 2.22 bits per heavy atom. The van der Waals surface area contributed by atoms with Crippen molar-refractivity contribution in [2.24, 2.45) is 0 Å². The van der Waals surface area contributed by atoms with Gasteiger partial charge in [-0.3, -0.25) is 4.79 Å². The predicted octanol–water partition coefficient (Wildman–Crippen LogP) is 3.06. The molecule has 0 aliphatic carbocycles. The molecular weight excluding hydrogens is 229 g/mol. The van der Waals surface area contributed by atoms with E-state index in [1.54, 1.807) is 24.3 Å². The number of amides is 1. The van der Waals surface area contributed by atoms with Crippen molar-refractivity contribution < 1.29 is 9.18 Å². The van der Waals surface area contributed by atoms with Crippen molar-refractivity contribution in [3.8, 4) is 12.3 Å². The topological polar surface area (TPSA) is 29.1 Å². The van der Waals surface area contributed by atoms with Gasteiger partial charge in [0.15, 0.2) is 0 Å². The van der Waals surface area contributed by atoms with Crippen LogP contribution in [0.15, 0.2) is 48.5 Å². The Morgan fingerprint density at radius 2 is 1.67 bits per heavy atom. The van der Waals surface area contributed by atoms with Crippen molar-refractivity contribution in [1.29, 1.82) is 0 Å². The Balaban J connectivity index is 2.11. The van der Waals surface area contributed by atoms with Crippen molar-refractivity contribution in [2.45, 2.75) is 0 Å². The van der Waals surface area contributed by atoms with Crippen LogP contribution in [-0.2, 0) is 0 Å². The molecule has 2 nitrogen and oxygen atoms in total. The summed E-state index contributed by atoms with van der Waals surface area (Å²) in [4.78, 5) is 11.8. The van der Waals surface area contributed by atoms with Crippen LogP contribution in [0.25, 0.3) is 0 Å². The van der Waals surface area contributed by atoms with Gasteiger partial charge in [-0.1, -0.05) is 5.92 Å². The molecule has 0 heterocycles. The Morgan fingerprint density at radius 1 is 1.06 bits per heavy atom. The van der Waals surface area contributed by atoms with E-state index in [-0.39, 0.29) is 11.7 Å². The number of nitrogens with one attached hydrogen (secondary N) is 1. The predicted molar refractivity (Wildman–Crippen MR) is 68.7 cm³/mol. The standard InChI is InChI=1S/C15H10FNO/c1-2-11-3-9-14(10-4-11)17-15(18)12-5-7-13(16)8-6-12/h1,3-10H,(H,17,18). The molecular formula is C15H10FNO. The number of hydrogen-bond acceptors (Lipinski definition) is 1. The third kappa shape index (κ3) is 2.74. The summed E-state index contributed by atoms with van der Waals surface area (Å²) in [6.07, 6.45) is 5.23. The van der Waals surface area contributed by atoms with E-state index in [0.717, 1.165) is 5.56 Å². The van der Waals surface area contributed by atoms with Crippen molar-refractivity contribution in [2.75, 3.05) is 5.32 Å². The highest BCUT2D eigenvalue weighted by Crippen LogP contribution is 2.11. The van der Waals surface area contributed by atoms with Crippen LogP contribution >= 0.6 is 0 Å². The lowest BCUT2D eigenvalue weighted by Crippen LogP contribution is -2.11. The largest absolute Gasteiger partial charge is 0.322 e. The second-order valence-electron chi connectivity index (χ2n) is 3.68. The molecule has 2 aromatic carbocycles. The van der Waals surface area contributed by atoms with Gasteiger partial charge >= 0.3 is 0 Å². The maximum absolute atomic E-state index is 12.7. The Bertz CT molecular complexity index is 594. The number of benzene rings is 2. The fourth-order valence-electron chi connectivity index (χ4n) is 1.45. The van der Waals surface area contributed by atoms with Crippen molar-refractivity contribution in [3.05, 3.63) is 65.5 Å². The molecule has 0 aliphatic heterocycles. The van der Waals surface area contributed by atoms with E-state index < -0.39 is 0 Å². The maximum Gasteiger partial charge on any atom is 0.255 e. The minimum absolute atomic E-state index is 0.288. The van der Waals surface area contributed by atoms with E-state index in [1.165, 1.54) is 24.3 Å². The Labute approximate surface area is 104 Å². The van der Waals surface area contributed by atoms with Gasteiger partial charge in [0.05, 0.1) is 0 Å². The second kappa shape index (κ2) is 5.15. The van der Waals surface area contributed by atoms with E-state index >= 15 is 0 Å². The maximum atomic E-state index is 12.7. The first kappa shape index (κ1) is 11.9. The molecule has 88 valence electrons. The van der Waals surface area contributed by atoms with Gasteiger partial charge in [-0.2, -0.15) is 0 Å². The molecule has 2 rings (SSSR count). The molecule has 0 bridgehead atoms. The van der Waals surface area contributed by atoms with E-state index in [0.29, 0.717) is 11.3 Å². The fourth-order valence-corrected chi connectivity index (χ4v) is 1.45.